The van der Waals surface area contributed by atoms with Gasteiger partial charge in [0.2, 0.25) is 0 Å². The highest BCUT2D eigenvalue weighted by molar-refractivity contribution is 7.92. The lowest BCUT2D eigenvalue weighted by molar-refractivity contribution is 0.0408. The number of aromatic nitrogens is 2. The summed E-state index contributed by atoms with van der Waals surface area (Å²) in [5.74, 6) is 1.06. The van der Waals surface area contributed by atoms with E-state index < -0.39 is 10.0 Å². The highest BCUT2D eigenvalue weighted by atomic mass is 32.2. The average Bonchev–Trinajstić information content (AvgIpc) is 2.67. The van der Waals surface area contributed by atoms with Gasteiger partial charge in [-0.05, 0) is 49.4 Å². The molecule has 28 heavy (non-hydrogen) atoms. The summed E-state index contributed by atoms with van der Waals surface area (Å²) in [7, 11) is -3.77. The van der Waals surface area contributed by atoms with Crippen molar-refractivity contribution < 1.29 is 13.5 Å². The van der Waals surface area contributed by atoms with E-state index in [0.717, 1.165) is 19.3 Å². The van der Waals surface area contributed by atoms with Crippen molar-refractivity contribution in [3.05, 3.63) is 54.6 Å². The van der Waals surface area contributed by atoms with Crippen LogP contribution in [0.5, 0.6) is 0 Å². The third-order valence-electron chi connectivity index (χ3n) is 4.91. The minimum atomic E-state index is -3.77. The molecule has 0 unspecified atom stereocenters. The smallest absolute Gasteiger partial charge is 0.263 e. The van der Waals surface area contributed by atoms with Crippen molar-refractivity contribution in [1.82, 2.24) is 9.97 Å². The molecule has 146 valence electrons. The van der Waals surface area contributed by atoms with Gasteiger partial charge >= 0.3 is 0 Å². The number of aliphatic hydroxyl groups is 1. The van der Waals surface area contributed by atoms with Crippen LogP contribution in [-0.2, 0) is 10.0 Å². The Morgan fingerprint density at radius 2 is 1.54 bits per heavy atom. The predicted molar refractivity (Wildman–Crippen MR) is 109 cm³/mol. The van der Waals surface area contributed by atoms with Gasteiger partial charge in [0, 0.05) is 6.54 Å². The number of fused-ring (bicyclic) bond motifs is 1. The average molecular weight is 398 g/mol. The first-order valence-corrected chi connectivity index (χ1v) is 10.8. The molecule has 8 heteroatoms. The van der Waals surface area contributed by atoms with Crippen molar-refractivity contribution >= 4 is 32.7 Å². The Bertz CT molecular complexity index is 1070. The zero-order chi connectivity index (χ0) is 19.6. The van der Waals surface area contributed by atoms with E-state index in [2.05, 4.69) is 20.0 Å². The zero-order valence-corrected chi connectivity index (χ0v) is 16.1. The quantitative estimate of drug-likeness (QED) is 0.565. The molecule has 1 aliphatic carbocycles. The molecule has 3 aromatic rings. The molecule has 0 spiro atoms. The van der Waals surface area contributed by atoms with Crippen LogP contribution in [0.1, 0.15) is 19.3 Å². The Balaban J connectivity index is 1.59. The summed E-state index contributed by atoms with van der Waals surface area (Å²) in [5, 5.41) is 12.6. The molecule has 0 bridgehead atoms. The van der Waals surface area contributed by atoms with Crippen LogP contribution >= 0.6 is 0 Å². The van der Waals surface area contributed by atoms with Crippen LogP contribution in [0.3, 0.4) is 0 Å². The molecular weight excluding hydrogens is 376 g/mol. The Morgan fingerprint density at radius 3 is 2.18 bits per heavy atom. The van der Waals surface area contributed by atoms with Crippen LogP contribution in [-0.4, -0.2) is 36.1 Å². The van der Waals surface area contributed by atoms with Crippen LogP contribution in [0.4, 0.5) is 11.6 Å². The molecule has 1 saturated carbocycles. The Morgan fingerprint density at radius 1 is 0.929 bits per heavy atom. The normalized spacial score (nSPS) is 19.2. The van der Waals surface area contributed by atoms with E-state index in [-0.39, 0.29) is 16.8 Å². The molecule has 1 aliphatic rings. The molecule has 0 radical (unpaired) electrons. The lowest BCUT2D eigenvalue weighted by Gasteiger charge is -2.31. The van der Waals surface area contributed by atoms with Gasteiger partial charge in [0.1, 0.15) is 0 Å². The number of sulfonamides is 1. The minimum absolute atomic E-state index is 0.166. The van der Waals surface area contributed by atoms with Crippen LogP contribution in [0.2, 0.25) is 0 Å². The highest BCUT2D eigenvalue weighted by Crippen LogP contribution is 2.30. The fraction of sp³-hybridized carbons (Fsp3) is 0.300. The fourth-order valence-electron chi connectivity index (χ4n) is 3.31. The lowest BCUT2D eigenvalue weighted by atomic mass is 9.80. The van der Waals surface area contributed by atoms with Gasteiger partial charge in [-0.1, -0.05) is 30.3 Å². The number of para-hydroxylation sites is 2. The van der Waals surface area contributed by atoms with Gasteiger partial charge in [-0.2, -0.15) is 0 Å². The van der Waals surface area contributed by atoms with Crippen LogP contribution in [0.15, 0.2) is 59.5 Å². The van der Waals surface area contributed by atoms with Gasteiger partial charge in [0.05, 0.1) is 22.0 Å². The maximum absolute atomic E-state index is 12.7. The van der Waals surface area contributed by atoms with Gasteiger partial charge in [-0.3, -0.25) is 4.72 Å². The molecule has 1 aromatic heterocycles. The van der Waals surface area contributed by atoms with Crippen LogP contribution in [0.25, 0.3) is 11.0 Å². The Hall–Kier alpha value is -2.71. The first-order valence-electron chi connectivity index (χ1n) is 9.28. The maximum atomic E-state index is 12.7. The van der Waals surface area contributed by atoms with Gasteiger partial charge in [0.15, 0.2) is 11.6 Å². The zero-order valence-electron chi connectivity index (χ0n) is 15.2. The second kappa shape index (κ2) is 7.73. The van der Waals surface area contributed by atoms with Gasteiger partial charge in [-0.25, -0.2) is 18.4 Å². The number of hydrogen-bond acceptors (Lipinski definition) is 6. The van der Waals surface area contributed by atoms with Crippen molar-refractivity contribution in [2.24, 2.45) is 5.92 Å². The second-order valence-electron chi connectivity index (χ2n) is 7.03. The summed E-state index contributed by atoms with van der Waals surface area (Å²) in [6, 6.07) is 15.5. The van der Waals surface area contributed by atoms with Crippen molar-refractivity contribution in [1.29, 1.82) is 0 Å². The molecule has 4 rings (SSSR count). The van der Waals surface area contributed by atoms with Crippen molar-refractivity contribution in [3.8, 4) is 0 Å². The topological polar surface area (TPSA) is 104 Å². The van der Waals surface area contributed by atoms with E-state index >= 15 is 0 Å². The molecule has 0 saturated heterocycles. The first kappa shape index (κ1) is 18.6. The van der Waals surface area contributed by atoms with E-state index in [9.17, 15) is 13.5 Å². The summed E-state index contributed by atoms with van der Waals surface area (Å²) in [6.07, 6.45) is 2.34. The number of rotatable bonds is 7. The van der Waals surface area contributed by atoms with Gasteiger partial charge < -0.3 is 10.4 Å². The Kier molecular flexibility index (Phi) is 5.15. The summed E-state index contributed by atoms with van der Waals surface area (Å²) in [5.41, 5.74) is 1.30. The number of nitrogens with zero attached hydrogens (tertiary/aromatic N) is 2. The molecule has 1 fully saturated rings. The number of nitrogens with one attached hydrogen (secondary N) is 2. The SMILES string of the molecule is O=S(=O)(Nc1nc2ccccc2nc1NCCC1CC(O)C1)c1ccccc1. The summed E-state index contributed by atoms with van der Waals surface area (Å²) in [4.78, 5) is 9.20. The summed E-state index contributed by atoms with van der Waals surface area (Å²) < 4.78 is 28.0. The van der Waals surface area contributed by atoms with E-state index in [1.807, 2.05) is 18.2 Å². The maximum Gasteiger partial charge on any atom is 0.263 e. The monoisotopic (exact) mass is 398 g/mol. The van der Waals surface area contributed by atoms with Crippen molar-refractivity contribution in [3.63, 3.8) is 0 Å². The third-order valence-corrected chi connectivity index (χ3v) is 6.27. The van der Waals surface area contributed by atoms with Gasteiger partial charge in [-0.15, -0.1) is 0 Å². The van der Waals surface area contributed by atoms with E-state index in [4.69, 9.17) is 0 Å². The standard InChI is InChI=1S/C20H22N4O3S/c25-15-12-14(13-15)10-11-21-19-20(23-18-9-5-4-8-17(18)22-19)24-28(26,27)16-6-2-1-3-7-16/h1-9,14-15,25H,10-13H2,(H,21,22)(H,23,24). The van der Waals surface area contributed by atoms with Crippen LogP contribution in [0, 0.1) is 5.92 Å². The minimum Gasteiger partial charge on any atom is -0.393 e. The van der Waals surface area contributed by atoms with Crippen molar-refractivity contribution in [2.45, 2.75) is 30.3 Å². The Labute approximate surface area is 163 Å². The molecule has 0 aliphatic heterocycles. The molecule has 0 atom stereocenters. The first-order chi connectivity index (χ1) is 13.5. The molecule has 7 nitrogen and oxygen atoms in total. The lowest BCUT2D eigenvalue weighted by Crippen LogP contribution is -2.29. The fourth-order valence-corrected chi connectivity index (χ4v) is 4.34. The number of aliphatic hydroxyl groups excluding tert-OH is 1. The van der Waals surface area contributed by atoms with Crippen LogP contribution < -0.4 is 10.0 Å². The number of benzene rings is 2. The largest absolute Gasteiger partial charge is 0.393 e. The number of hydrogen-bond donors (Lipinski definition) is 3. The molecular formula is C20H22N4O3S. The molecule has 2 aromatic carbocycles. The van der Waals surface area contributed by atoms with E-state index in [0.29, 0.717) is 29.3 Å². The second-order valence-corrected chi connectivity index (χ2v) is 8.72. The molecule has 1 heterocycles. The van der Waals surface area contributed by atoms with Gasteiger partial charge in [0.25, 0.3) is 10.0 Å². The summed E-state index contributed by atoms with van der Waals surface area (Å²) >= 11 is 0. The molecule has 3 N–H and O–H groups in total. The summed E-state index contributed by atoms with van der Waals surface area (Å²) in [6.45, 7) is 0.629. The highest BCUT2D eigenvalue weighted by Gasteiger charge is 2.26. The number of anilines is 2. The predicted octanol–water partition coefficient (Wildman–Crippen LogP) is 3.00. The third kappa shape index (κ3) is 4.07. The van der Waals surface area contributed by atoms with E-state index in [1.54, 1.807) is 24.3 Å². The van der Waals surface area contributed by atoms with E-state index in [1.165, 1.54) is 12.1 Å². The molecule has 0 amide bonds. The van der Waals surface area contributed by atoms with Crippen molar-refractivity contribution in [2.75, 3.05) is 16.6 Å².